The molecule has 1 amide bonds. The van der Waals surface area contributed by atoms with Gasteiger partial charge in [0.25, 0.3) is 7.82 Å². The molecule has 0 aliphatic heterocycles. The number of carbonyl (C=O) groups is 4. The van der Waals surface area contributed by atoms with Gasteiger partial charge >= 0.3 is 71.1 Å². The Morgan fingerprint density at radius 2 is 0.967 bits per heavy atom. The maximum Gasteiger partial charge on any atom is 1.00 e. The molecule has 0 saturated heterocycles. The predicted molar refractivity (Wildman–Crippen MR) is 231 cm³/mol. The van der Waals surface area contributed by atoms with Crippen LogP contribution >= 0.6 is 7.82 Å². The summed E-state index contributed by atoms with van der Waals surface area (Å²) in [6.45, 7) is 2.94. The van der Waals surface area contributed by atoms with Crippen LogP contribution in [0.3, 0.4) is 0 Å². The number of nitrogens with one attached hydrogen (secondary N) is 1. The number of carbonyl (C=O) groups excluding carboxylic acids is 4. The van der Waals surface area contributed by atoms with E-state index in [-0.39, 0.29) is 104 Å². The molecule has 61 heavy (non-hydrogen) atoms. The Kier molecular flexibility index (Phi) is 51.9. The summed E-state index contributed by atoms with van der Waals surface area (Å²) >= 11 is 0. The molecule has 15 heteroatoms. The quantitative estimate of drug-likeness (QED) is 0.0307. The molecule has 1 N–H and O–H groups in total. The van der Waals surface area contributed by atoms with E-state index in [1.165, 1.54) is 77.0 Å². The van der Waals surface area contributed by atoms with Gasteiger partial charge in [0.1, 0.15) is 6.61 Å². The number of phosphoric acid groups is 1. The Bertz CT molecular complexity index is 1160. The fourth-order valence-electron chi connectivity index (χ4n) is 6.34. The van der Waals surface area contributed by atoms with Crippen molar-refractivity contribution in [3.8, 4) is 0 Å². The molecule has 0 aromatic heterocycles. The number of hydrogen-bond donors (Lipinski definition) is 1. The van der Waals surface area contributed by atoms with Crippen molar-refractivity contribution < 1.29 is 111 Å². The van der Waals surface area contributed by atoms with Gasteiger partial charge in [-0.05, 0) is 77.0 Å². The van der Waals surface area contributed by atoms with Crippen LogP contribution < -0.4 is 74.4 Å². The molecule has 0 aliphatic carbocycles. The third-order valence-corrected chi connectivity index (χ3v) is 10.9. The van der Waals surface area contributed by atoms with E-state index in [1.54, 1.807) is 0 Å². The third kappa shape index (κ3) is 50.3. The number of aliphatic carboxylic acids is 1. The zero-order chi connectivity index (χ0) is 43.5. The van der Waals surface area contributed by atoms with Gasteiger partial charge < -0.3 is 38.6 Å². The second kappa shape index (κ2) is 48.9. The normalized spacial score (nSPS) is 12.7. The number of allylic oxidation sites excluding steroid dienone is 4. The Morgan fingerprint density at radius 1 is 0.541 bits per heavy atom. The summed E-state index contributed by atoms with van der Waals surface area (Å²) in [5.41, 5.74) is 0. The molecule has 0 aromatic carbocycles. The van der Waals surface area contributed by atoms with E-state index in [1.807, 2.05) is 0 Å². The summed E-state index contributed by atoms with van der Waals surface area (Å²) in [6, 6.07) is 0. The number of ether oxygens (including phenoxy) is 2. The minimum Gasteiger partial charge on any atom is -0.756 e. The Labute approximate surface area is 414 Å². The molecule has 0 radical (unpaired) electrons. The van der Waals surface area contributed by atoms with Crippen LogP contribution in [0.2, 0.25) is 0 Å². The van der Waals surface area contributed by atoms with Gasteiger partial charge in [0.2, 0.25) is 5.91 Å². The first kappa shape index (κ1) is 64.8. The largest absolute Gasteiger partial charge is 1.00 e. The first-order valence-electron chi connectivity index (χ1n) is 23.3. The van der Waals surface area contributed by atoms with E-state index in [9.17, 15) is 33.7 Å². The summed E-state index contributed by atoms with van der Waals surface area (Å²) in [6.07, 6.45) is 37.7. The van der Waals surface area contributed by atoms with Crippen LogP contribution in [0.15, 0.2) is 24.3 Å². The fourth-order valence-corrected chi connectivity index (χ4v) is 7.08. The van der Waals surface area contributed by atoms with Crippen molar-refractivity contribution in [2.75, 3.05) is 26.4 Å². The van der Waals surface area contributed by atoms with E-state index in [0.717, 1.165) is 77.0 Å². The van der Waals surface area contributed by atoms with Gasteiger partial charge in [0.05, 0.1) is 13.2 Å². The summed E-state index contributed by atoms with van der Waals surface area (Å²) in [5, 5.41) is 12.9. The molecule has 0 saturated carbocycles. The number of carboxylic acid groups (broad SMARTS) is 1. The van der Waals surface area contributed by atoms with Crippen molar-refractivity contribution in [2.45, 2.75) is 219 Å². The van der Waals surface area contributed by atoms with E-state index in [4.69, 9.17) is 18.5 Å². The second-order valence-corrected chi connectivity index (χ2v) is 17.0. The van der Waals surface area contributed by atoms with Crippen LogP contribution in [-0.2, 0) is 42.3 Å². The number of phosphoric ester groups is 1. The Morgan fingerprint density at radius 3 is 1.43 bits per heavy atom. The molecular weight excluding hydrogens is 819 g/mol. The van der Waals surface area contributed by atoms with Crippen LogP contribution in [0.1, 0.15) is 213 Å². The van der Waals surface area contributed by atoms with Crippen molar-refractivity contribution in [3.05, 3.63) is 24.3 Å². The van der Waals surface area contributed by atoms with Crippen molar-refractivity contribution in [1.82, 2.24) is 5.32 Å². The fraction of sp³-hybridized carbons (Fsp3) is 0.826. The van der Waals surface area contributed by atoms with Crippen molar-refractivity contribution in [3.63, 3.8) is 0 Å². The first-order valence-corrected chi connectivity index (χ1v) is 24.8. The van der Waals surface area contributed by atoms with E-state index in [2.05, 4.69) is 43.5 Å². The van der Waals surface area contributed by atoms with Gasteiger partial charge in [0.15, 0.2) is 6.10 Å². The van der Waals surface area contributed by atoms with Crippen LogP contribution in [0, 0.1) is 0 Å². The SMILES string of the molecule is CCCCCCCC/C=C\CCCCCCCC(=O)OCC(COP(=O)([O-])OCCNC(=O)CCCC(=O)[O-])OC(=O)CCCCCCC/C=C\CCCCCCCC.[Na+].[Na+]. The Balaban J connectivity index is -0.0000168. The molecule has 0 rings (SSSR count). The topological polar surface area (TPSA) is 180 Å². The molecule has 2 atom stereocenters. The molecule has 0 heterocycles. The van der Waals surface area contributed by atoms with Gasteiger partial charge in [-0.1, -0.05) is 141 Å². The van der Waals surface area contributed by atoms with E-state index < -0.39 is 51.0 Å². The van der Waals surface area contributed by atoms with Gasteiger partial charge in [0, 0.05) is 31.8 Å². The Hall–Kier alpha value is -0.530. The summed E-state index contributed by atoms with van der Waals surface area (Å²) in [7, 11) is -4.86. The smallest absolute Gasteiger partial charge is 0.756 e. The molecule has 0 spiro atoms. The van der Waals surface area contributed by atoms with Crippen LogP contribution in [0.4, 0.5) is 0 Å². The van der Waals surface area contributed by atoms with Crippen molar-refractivity contribution >= 4 is 31.6 Å². The van der Waals surface area contributed by atoms with Crippen molar-refractivity contribution in [1.29, 1.82) is 0 Å². The number of hydrogen-bond acceptors (Lipinski definition) is 11. The molecule has 0 aromatic rings. The molecule has 0 fully saturated rings. The minimum absolute atomic E-state index is 0. The average Bonchev–Trinajstić information content (AvgIpc) is 3.20. The number of amides is 1. The van der Waals surface area contributed by atoms with Crippen LogP contribution in [-0.4, -0.2) is 56.3 Å². The van der Waals surface area contributed by atoms with E-state index in [0.29, 0.717) is 12.8 Å². The summed E-state index contributed by atoms with van der Waals surface area (Å²) < 4.78 is 33.0. The van der Waals surface area contributed by atoms with Gasteiger partial charge in [-0.3, -0.25) is 18.9 Å². The molecule has 2 unspecified atom stereocenters. The predicted octanol–water partition coefficient (Wildman–Crippen LogP) is 4.06. The number of esters is 2. The summed E-state index contributed by atoms with van der Waals surface area (Å²) in [4.78, 5) is 59.8. The standard InChI is InChI=1S/C46H84NO11P.2Na/c1-3-5-7-9-11-13-15-17-19-21-23-25-27-29-31-36-45(51)55-40-42(41-57-59(53,54)56-39-38-47-43(48)34-33-35-44(49)50)58-46(52)37-32-30-28-26-24-22-20-18-16-14-12-10-8-6-4-2;;/h17-20,42H,3-16,21-41H2,1-2H3,(H,47,48)(H,49,50)(H,53,54);;/q;2*+1/p-2/b19-17-,20-18-;;. The third-order valence-electron chi connectivity index (χ3n) is 9.89. The minimum atomic E-state index is -4.86. The second-order valence-electron chi connectivity index (χ2n) is 15.6. The zero-order valence-electron chi connectivity index (χ0n) is 39.1. The van der Waals surface area contributed by atoms with E-state index >= 15 is 0 Å². The van der Waals surface area contributed by atoms with Gasteiger partial charge in [-0.15, -0.1) is 0 Å². The van der Waals surface area contributed by atoms with Crippen LogP contribution in [0.25, 0.3) is 0 Å². The maximum absolute atomic E-state index is 12.7. The average molecular weight is 902 g/mol. The number of rotatable bonds is 44. The number of carboxylic acids is 1. The zero-order valence-corrected chi connectivity index (χ0v) is 44.0. The molecule has 0 aliphatic rings. The maximum atomic E-state index is 12.7. The van der Waals surface area contributed by atoms with Crippen LogP contribution in [0.5, 0.6) is 0 Å². The van der Waals surface area contributed by atoms with Gasteiger partial charge in [-0.2, -0.15) is 0 Å². The molecular formula is C46H82NNa2O11P. The number of unbranched alkanes of at least 4 members (excludes halogenated alkanes) is 22. The first-order chi connectivity index (χ1) is 28.6. The molecule has 12 nitrogen and oxygen atoms in total. The summed E-state index contributed by atoms with van der Waals surface area (Å²) in [5.74, 6) is -2.71. The molecule has 344 valence electrons. The monoisotopic (exact) mass is 902 g/mol. The van der Waals surface area contributed by atoms with Gasteiger partial charge in [-0.25, -0.2) is 0 Å². The molecule has 0 bridgehead atoms. The van der Waals surface area contributed by atoms with Crippen molar-refractivity contribution in [2.24, 2.45) is 0 Å².